The van der Waals surface area contributed by atoms with E-state index in [2.05, 4.69) is 15.5 Å². The molecule has 0 aliphatic rings. The Balaban J connectivity index is 2.26. The van der Waals surface area contributed by atoms with Crippen LogP contribution in [0.15, 0.2) is 30.5 Å². The summed E-state index contributed by atoms with van der Waals surface area (Å²) in [6.45, 7) is 0.945. The van der Waals surface area contributed by atoms with Gasteiger partial charge in [0.25, 0.3) is 0 Å². The lowest BCUT2D eigenvalue weighted by atomic mass is 10.1. The molecule has 1 heterocycles. The zero-order valence-electron chi connectivity index (χ0n) is 9.13. The summed E-state index contributed by atoms with van der Waals surface area (Å²) in [6, 6.07) is 7.77. The molecule has 2 aromatic rings. The van der Waals surface area contributed by atoms with Crippen LogP contribution < -0.4 is 5.32 Å². The molecule has 0 atom stereocenters. The van der Waals surface area contributed by atoms with Crippen molar-refractivity contribution in [2.45, 2.75) is 6.42 Å². The first-order chi connectivity index (χ1) is 7.81. The molecule has 0 aliphatic carbocycles. The van der Waals surface area contributed by atoms with Crippen molar-refractivity contribution >= 4 is 11.6 Å². The van der Waals surface area contributed by atoms with Crippen molar-refractivity contribution in [2.75, 3.05) is 13.6 Å². The molecule has 2 rings (SSSR count). The Morgan fingerprint density at radius 3 is 2.75 bits per heavy atom. The molecule has 0 spiro atoms. The van der Waals surface area contributed by atoms with E-state index in [0.29, 0.717) is 0 Å². The molecule has 16 heavy (non-hydrogen) atoms. The topological polar surface area (TPSA) is 40.7 Å². The van der Waals surface area contributed by atoms with Gasteiger partial charge in [0.1, 0.15) is 0 Å². The lowest BCUT2D eigenvalue weighted by molar-refractivity contribution is 0.793. The van der Waals surface area contributed by atoms with E-state index in [1.165, 1.54) is 5.56 Å². The average molecular weight is 236 g/mol. The van der Waals surface area contributed by atoms with Crippen LogP contribution >= 0.6 is 11.6 Å². The molecule has 84 valence electrons. The molecule has 0 radical (unpaired) electrons. The lowest BCUT2D eigenvalue weighted by Crippen LogP contribution is -2.10. The molecule has 0 fully saturated rings. The van der Waals surface area contributed by atoms with E-state index >= 15 is 0 Å². The minimum Gasteiger partial charge on any atom is -0.319 e. The third-order valence-electron chi connectivity index (χ3n) is 2.50. The molecule has 2 N–H and O–H groups in total. The maximum absolute atomic E-state index is 5.86. The van der Waals surface area contributed by atoms with Gasteiger partial charge >= 0.3 is 0 Å². The van der Waals surface area contributed by atoms with Gasteiger partial charge in [0.05, 0.1) is 11.9 Å². The Hall–Kier alpha value is -1.32. The van der Waals surface area contributed by atoms with E-state index in [4.69, 9.17) is 11.6 Å². The molecule has 0 amide bonds. The standard InChI is InChI=1S/C12H14ClN3/c1-14-7-6-10-8-15-16-12(10)9-2-4-11(13)5-3-9/h2-5,8,14H,6-7H2,1H3,(H,15,16). The highest BCUT2D eigenvalue weighted by molar-refractivity contribution is 6.30. The maximum atomic E-state index is 5.86. The molecule has 3 nitrogen and oxygen atoms in total. The minimum absolute atomic E-state index is 0.750. The van der Waals surface area contributed by atoms with Crippen LogP contribution in [0.25, 0.3) is 11.3 Å². The maximum Gasteiger partial charge on any atom is 0.0682 e. The third kappa shape index (κ3) is 2.43. The van der Waals surface area contributed by atoms with Crippen LogP contribution in [0.1, 0.15) is 5.56 Å². The summed E-state index contributed by atoms with van der Waals surface area (Å²) in [5, 5.41) is 11.0. The van der Waals surface area contributed by atoms with E-state index in [0.717, 1.165) is 29.2 Å². The van der Waals surface area contributed by atoms with Gasteiger partial charge in [-0.1, -0.05) is 23.7 Å². The Morgan fingerprint density at radius 2 is 2.06 bits per heavy atom. The molecule has 4 heteroatoms. The fourth-order valence-electron chi connectivity index (χ4n) is 1.63. The number of hydrogen-bond donors (Lipinski definition) is 2. The molecular weight excluding hydrogens is 222 g/mol. The van der Waals surface area contributed by atoms with Crippen LogP contribution in [-0.2, 0) is 6.42 Å². The predicted molar refractivity (Wildman–Crippen MR) is 66.7 cm³/mol. The summed E-state index contributed by atoms with van der Waals surface area (Å²) in [6.07, 6.45) is 2.84. The fraction of sp³-hybridized carbons (Fsp3) is 0.250. The van der Waals surface area contributed by atoms with Crippen LogP contribution in [0.2, 0.25) is 5.02 Å². The number of aromatic amines is 1. The van der Waals surface area contributed by atoms with Gasteiger partial charge in [-0.3, -0.25) is 5.10 Å². The van der Waals surface area contributed by atoms with Crippen molar-refractivity contribution in [3.8, 4) is 11.3 Å². The number of nitrogens with one attached hydrogen (secondary N) is 2. The first-order valence-corrected chi connectivity index (χ1v) is 5.62. The van der Waals surface area contributed by atoms with Gasteiger partial charge in [-0.05, 0) is 43.3 Å². The van der Waals surface area contributed by atoms with Crippen LogP contribution in [0.4, 0.5) is 0 Å². The minimum atomic E-state index is 0.750. The van der Waals surface area contributed by atoms with E-state index in [9.17, 15) is 0 Å². The Kier molecular flexibility index (Phi) is 3.59. The zero-order chi connectivity index (χ0) is 11.4. The van der Waals surface area contributed by atoms with Crippen LogP contribution in [0.3, 0.4) is 0 Å². The lowest BCUT2D eigenvalue weighted by Gasteiger charge is -2.03. The van der Waals surface area contributed by atoms with Crippen LogP contribution in [0, 0.1) is 0 Å². The molecular formula is C12H14ClN3. The molecule has 1 aromatic heterocycles. The molecule has 1 aromatic carbocycles. The van der Waals surface area contributed by atoms with Gasteiger partial charge in [-0.25, -0.2) is 0 Å². The number of halogens is 1. The summed E-state index contributed by atoms with van der Waals surface area (Å²) in [4.78, 5) is 0. The fourth-order valence-corrected chi connectivity index (χ4v) is 1.75. The quantitative estimate of drug-likeness (QED) is 0.855. The van der Waals surface area contributed by atoms with Crippen LogP contribution in [-0.4, -0.2) is 23.8 Å². The third-order valence-corrected chi connectivity index (χ3v) is 2.75. The summed E-state index contributed by atoms with van der Waals surface area (Å²) in [5.74, 6) is 0. The molecule has 0 unspecified atom stereocenters. The van der Waals surface area contributed by atoms with E-state index in [-0.39, 0.29) is 0 Å². The summed E-state index contributed by atoms with van der Waals surface area (Å²) in [5.41, 5.74) is 3.41. The number of likely N-dealkylation sites (N-methyl/N-ethyl adjacent to an activating group) is 1. The highest BCUT2D eigenvalue weighted by Gasteiger charge is 2.06. The summed E-state index contributed by atoms with van der Waals surface area (Å²) >= 11 is 5.86. The summed E-state index contributed by atoms with van der Waals surface area (Å²) in [7, 11) is 1.95. The zero-order valence-corrected chi connectivity index (χ0v) is 9.88. The molecule has 0 saturated carbocycles. The van der Waals surface area contributed by atoms with E-state index < -0.39 is 0 Å². The average Bonchev–Trinajstić information content (AvgIpc) is 2.75. The van der Waals surface area contributed by atoms with Gasteiger partial charge < -0.3 is 5.32 Å². The smallest absolute Gasteiger partial charge is 0.0682 e. The highest BCUT2D eigenvalue weighted by atomic mass is 35.5. The van der Waals surface area contributed by atoms with Crippen molar-refractivity contribution in [1.82, 2.24) is 15.5 Å². The number of H-pyrrole nitrogens is 1. The Labute approximate surface area is 99.8 Å². The largest absolute Gasteiger partial charge is 0.319 e. The Morgan fingerprint density at radius 1 is 1.31 bits per heavy atom. The van der Waals surface area contributed by atoms with Crippen molar-refractivity contribution < 1.29 is 0 Å². The predicted octanol–water partition coefficient (Wildman–Crippen LogP) is 2.49. The first-order valence-electron chi connectivity index (χ1n) is 5.24. The monoisotopic (exact) mass is 235 g/mol. The number of aromatic nitrogens is 2. The number of benzene rings is 1. The number of hydrogen-bond acceptors (Lipinski definition) is 2. The number of nitrogens with zero attached hydrogens (tertiary/aromatic N) is 1. The van der Waals surface area contributed by atoms with E-state index in [1.807, 2.05) is 37.5 Å². The SMILES string of the molecule is CNCCc1cn[nH]c1-c1ccc(Cl)cc1. The highest BCUT2D eigenvalue weighted by Crippen LogP contribution is 2.22. The first kappa shape index (κ1) is 11.2. The van der Waals surface area contributed by atoms with Crippen LogP contribution in [0.5, 0.6) is 0 Å². The molecule has 0 saturated heterocycles. The van der Waals surface area contributed by atoms with Crippen molar-refractivity contribution in [1.29, 1.82) is 0 Å². The van der Waals surface area contributed by atoms with Gasteiger partial charge in [0, 0.05) is 5.02 Å². The van der Waals surface area contributed by atoms with Crippen molar-refractivity contribution in [2.24, 2.45) is 0 Å². The Bertz CT molecular complexity index is 448. The summed E-state index contributed by atoms with van der Waals surface area (Å²) < 4.78 is 0. The van der Waals surface area contributed by atoms with Gasteiger partial charge in [-0.2, -0.15) is 5.10 Å². The van der Waals surface area contributed by atoms with Crippen molar-refractivity contribution in [3.05, 3.63) is 41.0 Å². The molecule has 0 bridgehead atoms. The van der Waals surface area contributed by atoms with Gasteiger partial charge in [0.2, 0.25) is 0 Å². The van der Waals surface area contributed by atoms with Gasteiger partial charge in [0.15, 0.2) is 0 Å². The second-order valence-corrected chi connectivity index (χ2v) is 4.07. The van der Waals surface area contributed by atoms with Crippen molar-refractivity contribution in [3.63, 3.8) is 0 Å². The number of rotatable bonds is 4. The second kappa shape index (κ2) is 5.14. The molecule has 0 aliphatic heterocycles. The van der Waals surface area contributed by atoms with E-state index in [1.54, 1.807) is 0 Å². The second-order valence-electron chi connectivity index (χ2n) is 3.63. The normalized spacial score (nSPS) is 10.6. The van der Waals surface area contributed by atoms with Gasteiger partial charge in [-0.15, -0.1) is 0 Å².